The van der Waals surface area contributed by atoms with Crippen LogP contribution in [0.15, 0.2) is 65.6 Å². The molecule has 32 heavy (non-hydrogen) atoms. The average molecular weight is 497 g/mol. The van der Waals surface area contributed by atoms with Gasteiger partial charge in [0.15, 0.2) is 0 Å². The van der Waals surface area contributed by atoms with E-state index in [-0.39, 0.29) is 23.4 Å². The molecule has 2 N–H and O–H groups in total. The number of carbonyl (C=O) groups is 1. The van der Waals surface area contributed by atoms with E-state index in [1.165, 1.54) is 12.1 Å². The van der Waals surface area contributed by atoms with Crippen molar-refractivity contribution in [2.45, 2.75) is 49.2 Å². The predicted octanol–water partition coefficient (Wildman–Crippen LogP) is 4.73. The number of likely N-dealkylation sites (tertiary alicyclic amines) is 1. The second-order valence-corrected chi connectivity index (χ2v) is 10.4. The second-order valence-electron chi connectivity index (χ2n) is 7.81. The maximum Gasteiger partial charge on any atom is 0.303 e. The van der Waals surface area contributed by atoms with Crippen LogP contribution in [0, 0.1) is 0 Å². The van der Waals surface area contributed by atoms with Gasteiger partial charge in [-0.3, -0.25) is 9.69 Å². The lowest BCUT2D eigenvalue weighted by Gasteiger charge is -2.22. The number of allylic oxidation sites excluding steroid dienone is 1. The van der Waals surface area contributed by atoms with Crippen molar-refractivity contribution in [2.75, 3.05) is 6.54 Å². The minimum absolute atomic E-state index is 0.00835. The van der Waals surface area contributed by atoms with Crippen molar-refractivity contribution in [1.82, 2.24) is 9.62 Å². The van der Waals surface area contributed by atoms with Gasteiger partial charge in [-0.2, -0.15) is 0 Å². The molecule has 1 fully saturated rings. The molecule has 0 aromatic heterocycles. The summed E-state index contributed by atoms with van der Waals surface area (Å²) >= 11 is 12.2. The SMILES string of the molecule is O=C(O)CCCC=C[C@@H]1C[C@@H](NS(=O)(=O)c2ccc(Cl)cc2)CN1Cc1ccccc1Cl. The van der Waals surface area contributed by atoms with Gasteiger partial charge in [-0.15, -0.1) is 0 Å². The summed E-state index contributed by atoms with van der Waals surface area (Å²) in [5.41, 5.74) is 0.972. The van der Waals surface area contributed by atoms with Crippen molar-refractivity contribution in [1.29, 1.82) is 0 Å². The molecular formula is C23H26Cl2N2O4S. The smallest absolute Gasteiger partial charge is 0.303 e. The zero-order chi connectivity index (χ0) is 23.1. The van der Waals surface area contributed by atoms with Crippen molar-refractivity contribution in [3.05, 3.63) is 76.3 Å². The van der Waals surface area contributed by atoms with Gasteiger partial charge in [0.25, 0.3) is 0 Å². The average Bonchev–Trinajstić information content (AvgIpc) is 3.10. The van der Waals surface area contributed by atoms with Crippen LogP contribution in [0.5, 0.6) is 0 Å². The van der Waals surface area contributed by atoms with E-state index in [0.29, 0.717) is 42.4 Å². The first kappa shape index (κ1) is 24.7. The second kappa shape index (κ2) is 11.3. The van der Waals surface area contributed by atoms with E-state index in [1.54, 1.807) is 12.1 Å². The molecule has 1 saturated heterocycles. The number of aliphatic carboxylic acids is 1. The van der Waals surface area contributed by atoms with Crippen LogP contribution in [-0.2, 0) is 21.4 Å². The van der Waals surface area contributed by atoms with Crippen molar-refractivity contribution < 1.29 is 18.3 Å². The Morgan fingerprint density at radius 2 is 1.88 bits per heavy atom. The number of nitrogens with one attached hydrogen (secondary N) is 1. The van der Waals surface area contributed by atoms with Crippen LogP contribution in [-0.4, -0.2) is 43.0 Å². The van der Waals surface area contributed by atoms with Gasteiger partial charge < -0.3 is 5.11 Å². The normalized spacial score (nSPS) is 19.6. The Morgan fingerprint density at radius 1 is 1.16 bits per heavy atom. The number of halogens is 2. The van der Waals surface area contributed by atoms with Crippen molar-refractivity contribution in [3.8, 4) is 0 Å². The highest BCUT2D eigenvalue weighted by atomic mass is 35.5. The molecule has 1 aliphatic rings. The van der Waals surface area contributed by atoms with Crippen LogP contribution in [0.3, 0.4) is 0 Å². The zero-order valence-electron chi connectivity index (χ0n) is 17.5. The van der Waals surface area contributed by atoms with Gasteiger partial charge in [-0.25, -0.2) is 13.1 Å². The highest BCUT2D eigenvalue weighted by Gasteiger charge is 2.33. The third kappa shape index (κ3) is 7.05. The van der Waals surface area contributed by atoms with E-state index in [4.69, 9.17) is 28.3 Å². The van der Waals surface area contributed by atoms with Crippen LogP contribution >= 0.6 is 23.2 Å². The summed E-state index contributed by atoms with van der Waals surface area (Å²) in [7, 11) is -3.68. The number of benzene rings is 2. The van der Waals surface area contributed by atoms with Crippen LogP contribution in [0.2, 0.25) is 10.0 Å². The maximum absolute atomic E-state index is 12.8. The van der Waals surface area contributed by atoms with Crippen molar-refractivity contribution in [2.24, 2.45) is 0 Å². The monoisotopic (exact) mass is 496 g/mol. The Labute approximate surface area is 198 Å². The molecular weight excluding hydrogens is 471 g/mol. The van der Waals surface area contributed by atoms with Gasteiger partial charge in [0, 0.05) is 41.6 Å². The summed E-state index contributed by atoms with van der Waals surface area (Å²) in [5, 5.41) is 9.94. The summed E-state index contributed by atoms with van der Waals surface area (Å²) in [6, 6.07) is 13.4. The van der Waals surface area contributed by atoms with Crippen LogP contribution in [0.4, 0.5) is 0 Å². The molecule has 0 bridgehead atoms. The Balaban J connectivity index is 1.71. The molecule has 0 radical (unpaired) electrons. The van der Waals surface area contributed by atoms with Gasteiger partial charge in [0.2, 0.25) is 10.0 Å². The Bertz CT molecular complexity index is 1060. The van der Waals surface area contributed by atoms with Crippen molar-refractivity contribution >= 4 is 39.2 Å². The molecule has 3 rings (SSSR count). The molecule has 0 spiro atoms. The fourth-order valence-corrected chi connectivity index (χ4v) is 5.33. The third-order valence-corrected chi connectivity index (χ3v) is 7.50. The summed E-state index contributed by atoms with van der Waals surface area (Å²) in [5.74, 6) is -0.809. The number of carboxylic acids is 1. The van der Waals surface area contributed by atoms with Crippen molar-refractivity contribution in [3.63, 3.8) is 0 Å². The standard InChI is InChI=1S/C23H26Cl2N2O4S/c24-18-10-12-21(13-11-18)32(30,31)26-19-14-20(7-2-1-3-9-23(28)29)27(16-19)15-17-6-4-5-8-22(17)25/h2,4-8,10-13,19-20,26H,1,3,9,14-16H2,(H,28,29)/t19-,20-/m1/s1. The molecule has 9 heteroatoms. The number of sulfonamides is 1. The van der Waals surface area contributed by atoms with Gasteiger partial charge in [0.05, 0.1) is 4.90 Å². The molecule has 0 saturated carbocycles. The molecule has 0 unspecified atom stereocenters. The predicted molar refractivity (Wildman–Crippen MR) is 126 cm³/mol. The van der Waals surface area contributed by atoms with Gasteiger partial charge in [-0.05, 0) is 55.2 Å². The highest BCUT2D eigenvalue weighted by Crippen LogP contribution is 2.26. The Hall–Kier alpha value is -1.90. The minimum Gasteiger partial charge on any atom is -0.481 e. The number of hydrogen-bond acceptors (Lipinski definition) is 4. The Kier molecular flexibility index (Phi) is 8.73. The summed E-state index contributed by atoms with van der Waals surface area (Å²) in [4.78, 5) is 13.1. The quantitative estimate of drug-likeness (QED) is 0.366. The molecule has 6 nitrogen and oxygen atoms in total. The van der Waals surface area contributed by atoms with E-state index >= 15 is 0 Å². The number of rotatable bonds is 10. The molecule has 1 aliphatic heterocycles. The van der Waals surface area contributed by atoms with E-state index in [9.17, 15) is 13.2 Å². The molecule has 0 amide bonds. The lowest BCUT2D eigenvalue weighted by Crippen LogP contribution is -2.37. The molecule has 2 atom stereocenters. The lowest BCUT2D eigenvalue weighted by molar-refractivity contribution is -0.137. The molecule has 2 aromatic rings. The number of carboxylic acid groups (broad SMARTS) is 1. The zero-order valence-corrected chi connectivity index (χ0v) is 19.8. The first-order chi connectivity index (χ1) is 15.2. The van der Waals surface area contributed by atoms with E-state index in [1.807, 2.05) is 36.4 Å². The van der Waals surface area contributed by atoms with Crippen LogP contribution in [0.25, 0.3) is 0 Å². The lowest BCUT2D eigenvalue weighted by atomic mass is 10.1. The molecule has 172 valence electrons. The molecule has 1 heterocycles. The first-order valence-corrected chi connectivity index (χ1v) is 12.6. The molecule has 2 aromatic carbocycles. The topological polar surface area (TPSA) is 86.7 Å². The highest BCUT2D eigenvalue weighted by molar-refractivity contribution is 7.89. The van der Waals surface area contributed by atoms with E-state index in [2.05, 4.69) is 9.62 Å². The fraction of sp³-hybridized carbons (Fsp3) is 0.348. The minimum atomic E-state index is -3.68. The largest absolute Gasteiger partial charge is 0.481 e. The summed E-state index contributed by atoms with van der Waals surface area (Å²) in [6.45, 7) is 1.12. The van der Waals surface area contributed by atoms with Crippen LogP contribution < -0.4 is 4.72 Å². The number of nitrogens with zero attached hydrogens (tertiary/aromatic N) is 1. The van der Waals surface area contributed by atoms with Gasteiger partial charge in [0.1, 0.15) is 0 Å². The fourth-order valence-electron chi connectivity index (χ4n) is 3.77. The first-order valence-electron chi connectivity index (χ1n) is 10.4. The summed E-state index contributed by atoms with van der Waals surface area (Å²) in [6.07, 6.45) is 5.97. The summed E-state index contributed by atoms with van der Waals surface area (Å²) < 4.78 is 28.5. The van der Waals surface area contributed by atoms with Gasteiger partial charge >= 0.3 is 5.97 Å². The Morgan fingerprint density at radius 3 is 2.56 bits per heavy atom. The number of unbranched alkanes of at least 4 members (excludes halogenated alkanes) is 1. The maximum atomic E-state index is 12.8. The van der Waals surface area contributed by atoms with E-state index in [0.717, 1.165) is 5.56 Å². The number of hydrogen-bond donors (Lipinski definition) is 2. The van der Waals surface area contributed by atoms with Gasteiger partial charge in [-0.1, -0.05) is 53.6 Å². The van der Waals surface area contributed by atoms with Crippen LogP contribution in [0.1, 0.15) is 31.2 Å². The third-order valence-electron chi connectivity index (χ3n) is 5.35. The molecule has 0 aliphatic carbocycles. The van der Waals surface area contributed by atoms with E-state index < -0.39 is 16.0 Å².